The molecule has 7 aromatic rings. The fourth-order valence-electron chi connectivity index (χ4n) is 5.99. The highest BCUT2D eigenvalue weighted by atomic mass is 19.4. The summed E-state index contributed by atoms with van der Waals surface area (Å²) in [5, 5.41) is 5.67. The van der Waals surface area contributed by atoms with E-state index in [-0.39, 0.29) is 5.75 Å². The maximum absolute atomic E-state index is 13.5. The van der Waals surface area contributed by atoms with E-state index in [1.54, 1.807) is 0 Å². The number of alkyl halides is 6. The number of rotatable bonds is 4. The molecule has 0 unspecified atom stereocenters. The molecule has 1 nitrogen and oxygen atoms in total. The SMILES string of the molecule is FC(F)(F)Oc1ccc(-c2c(-c3ccc(C(F)(F)F)cc3)cc(-c3cccc4ccccc34)c3cc4ccccc4cc23)cc1. The van der Waals surface area contributed by atoms with Gasteiger partial charge in [-0.1, -0.05) is 91.0 Å². The first-order chi connectivity index (χ1) is 21.5. The maximum Gasteiger partial charge on any atom is 0.573 e. The molecular weight excluding hydrogens is 586 g/mol. The lowest BCUT2D eigenvalue weighted by molar-refractivity contribution is -0.274. The van der Waals surface area contributed by atoms with E-state index >= 15 is 0 Å². The Morgan fingerprint density at radius 2 is 1.00 bits per heavy atom. The molecule has 0 aliphatic rings. The van der Waals surface area contributed by atoms with Crippen molar-refractivity contribution in [2.45, 2.75) is 12.5 Å². The van der Waals surface area contributed by atoms with Crippen molar-refractivity contribution in [3.63, 3.8) is 0 Å². The molecule has 0 saturated heterocycles. The van der Waals surface area contributed by atoms with Crippen LogP contribution in [0.4, 0.5) is 26.3 Å². The van der Waals surface area contributed by atoms with Crippen LogP contribution in [0.25, 0.3) is 65.7 Å². The highest BCUT2D eigenvalue weighted by Crippen LogP contribution is 2.46. The van der Waals surface area contributed by atoms with Crippen LogP contribution in [0.3, 0.4) is 0 Å². The number of hydrogen-bond acceptors (Lipinski definition) is 1. The summed E-state index contributed by atoms with van der Waals surface area (Å²) in [6.45, 7) is 0. The summed E-state index contributed by atoms with van der Waals surface area (Å²) in [7, 11) is 0. The average Bonchev–Trinajstić information content (AvgIpc) is 3.02. The molecule has 0 amide bonds. The zero-order valence-electron chi connectivity index (χ0n) is 23.4. The van der Waals surface area contributed by atoms with Crippen molar-refractivity contribution in [3.05, 3.63) is 139 Å². The van der Waals surface area contributed by atoms with Crippen LogP contribution in [0.2, 0.25) is 0 Å². The number of benzene rings is 7. The fraction of sp³-hybridized carbons (Fsp3) is 0.0526. The predicted octanol–water partition coefficient (Wildman–Crippen LogP) is 12.1. The highest BCUT2D eigenvalue weighted by molar-refractivity contribution is 6.17. The van der Waals surface area contributed by atoms with Gasteiger partial charge < -0.3 is 4.74 Å². The summed E-state index contributed by atoms with van der Waals surface area (Å²) in [5.41, 5.74) is 3.49. The Labute approximate surface area is 253 Å². The van der Waals surface area contributed by atoms with Gasteiger partial charge in [0.2, 0.25) is 0 Å². The van der Waals surface area contributed by atoms with Crippen LogP contribution in [0.1, 0.15) is 5.56 Å². The number of fused-ring (bicyclic) bond motifs is 3. The molecule has 0 atom stereocenters. The molecule has 0 saturated carbocycles. The molecule has 0 fully saturated rings. The van der Waals surface area contributed by atoms with E-state index < -0.39 is 18.1 Å². The molecule has 0 heterocycles. The van der Waals surface area contributed by atoms with Crippen molar-refractivity contribution in [3.8, 4) is 39.1 Å². The lowest BCUT2D eigenvalue weighted by Crippen LogP contribution is -2.16. The van der Waals surface area contributed by atoms with E-state index in [1.165, 1.54) is 36.4 Å². The van der Waals surface area contributed by atoms with E-state index in [4.69, 9.17) is 0 Å². The predicted molar refractivity (Wildman–Crippen MR) is 167 cm³/mol. The maximum atomic E-state index is 13.5. The summed E-state index contributed by atoms with van der Waals surface area (Å²) in [5.74, 6) is -0.371. The Morgan fingerprint density at radius 3 is 1.64 bits per heavy atom. The van der Waals surface area contributed by atoms with Crippen LogP contribution in [0, 0.1) is 0 Å². The minimum Gasteiger partial charge on any atom is -0.406 e. The Morgan fingerprint density at radius 1 is 0.422 bits per heavy atom. The standard InChI is InChI=1S/C38H22F6O/c39-37(40,41)28-16-12-24(13-17-28)32-22-34(31-11-5-9-23-6-3-4-10-30(23)31)33-20-26-7-1-2-8-27(26)21-35(33)36(32)25-14-18-29(19-15-25)45-38(42,43)44/h1-22H. The Kier molecular flexibility index (Phi) is 6.77. The molecular formula is C38H22F6O. The third-order valence-corrected chi connectivity index (χ3v) is 7.98. The van der Waals surface area contributed by atoms with Crippen LogP contribution in [-0.4, -0.2) is 6.36 Å². The Balaban J connectivity index is 1.58. The fourth-order valence-corrected chi connectivity index (χ4v) is 5.99. The van der Waals surface area contributed by atoms with Crippen LogP contribution < -0.4 is 4.74 Å². The van der Waals surface area contributed by atoms with Crippen LogP contribution in [0.5, 0.6) is 5.75 Å². The summed E-state index contributed by atoms with van der Waals surface area (Å²) in [4.78, 5) is 0. The molecule has 222 valence electrons. The van der Waals surface area contributed by atoms with Crippen LogP contribution >= 0.6 is 0 Å². The normalized spacial score (nSPS) is 12.2. The van der Waals surface area contributed by atoms with Gasteiger partial charge in [-0.25, -0.2) is 0 Å². The largest absolute Gasteiger partial charge is 0.573 e. The molecule has 0 aliphatic carbocycles. The van der Waals surface area contributed by atoms with E-state index in [1.807, 2.05) is 78.9 Å². The second kappa shape index (κ2) is 10.7. The van der Waals surface area contributed by atoms with Crippen molar-refractivity contribution in [1.29, 1.82) is 0 Å². The monoisotopic (exact) mass is 608 g/mol. The van der Waals surface area contributed by atoms with Crippen molar-refractivity contribution >= 4 is 32.3 Å². The van der Waals surface area contributed by atoms with Gasteiger partial charge >= 0.3 is 12.5 Å². The van der Waals surface area contributed by atoms with Gasteiger partial charge in [-0.3, -0.25) is 0 Å². The van der Waals surface area contributed by atoms with Gasteiger partial charge in [0.1, 0.15) is 5.75 Å². The van der Waals surface area contributed by atoms with Gasteiger partial charge in [0.25, 0.3) is 0 Å². The molecule has 7 rings (SSSR count). The first-order valence-corrected chi connectivity index (χ1v) is 14.1. The summed E-state index contributed by atoms with van der Waals surface area (Å²) < 4.78 is 83.5. The van der Waals surface area contributed by atoms with Crippen molar-refractivity contribution in [1.82, 2.24) is 0 Å². The third kappa shape index (κ3) is 5.46. The van der Waals surface area contributed by atoms with Gasteiger partial charge in [-0.15, -0.1) is 13.2 Å². The zero-order valence-corrected chi connectivity index (χ0v) is 23.4. The van der Waals surface area contributed by atoms with E-state index in [0.29, 0.717) is 22.3 Å². The van der Waals surface area contributed by atoms with Gasteiger partial charge in [0.05, 0.1) is 5.56 Å². The van der Waals surface area contributed by atoms with E-state index in [9.17, 15) is 26.3 Å². The number of hydrogen-bond donors (Lipinski definition) is 0. The molecule has 0 spiro atoms. The molecule has 7 aromatic carbocycles. The van der Waals surface area contributed by atoms with Gasteiger partial charge in [0, 0.05) is 0 Å². The van der Waals surface area contributed by atoms with Crippen LogP contribution in [0.15, 0.2) is 133 Å². The molecule has 0 bridgehead atoms. The van der Waals surface area contributed by atoms with Crippen molar-refractivity contribution < 1.29 is 31.1 Å². The smallest absolute Gasteiger partial charge is 0.406 e. The second-order valence-electron chi connectivity index (χ2n) is 10.8. The van der Waals surface area contributed by atoms with Crippen molar-refractivity contribution in [2.24, 2.45) is 0 Å². The number of ether oxygens (including phenoxy) is 1. The van der Waals surface area contributed by atoms with E-state index in [2.05, 4.69) is 10.8 Å². The minimum absolute atomic E-state index is 0.371. The topological polar surface area (TPSA) is 9.23 Å². The van der Waals surface area contributed by atoms with Gasteiger partial charge in [0.15, 0.2) is 0 Å². The first-order valence-electron chi connectivity index (χ1n) is 14.1. The van der Waals surface area contributed by atoms with Crippen LogP contribution in [-0.2, 0) is 6.18 Å². The lowest BCUT2D eigenvalue weighted by atomic mass is 9.83. The summed E-state index contributed by atoms with van der Waals surface area (Å²) >= 11 is 0. The molecule has 0 aliphatic heterocycles. The average molecular weight is 609 g/mol. The Bertz CT molecular complexity index is 2190. The highest BCUT2D eigenvalue weighted by Gasteiger charge is 2.32. The zero-order chi connectivity index (χ0) is 31.3. The quantitative estimate of drug-likeness (QED) is 0.143. The first kappa shape index (κ1) is 28.5. The molecule has 0 aromatic heterocycles. The second-order valence-corrected chi connectivity index (χ2v) is 10.8. The van der Waals surface area contributed by atoms with Crippen molar-refractivity contribution in [2.75, 3.05) is 0 Å². The van der Waals surface area contributed by atoms with E-state index in [0.717, 1.165) is 55.6 Å². The van der Waals surface area contributed by atoms with Gasteiger partial charge in [-0.05, 0) is 108 Å². The third-order valence-electron chi connectivity index (χ3n) is 7.98. The lowest BCUT2D eigenvalue weighted by Gasteiger charge is -2.20. The minimum atomic E-state index is -4.85. The summed E-state index contributed by atoms with van der Waals surface area (Å²) in [6, 6.07) is 38.4. The number of halogens is 6. The molecule has 0 N–H and O–H groups in total. The summed E-state index contributed by atoms with van der Waals surface area (Å²) in [6.07, 6.45) is -9.36. The molecule has 0 radical (unpaired) electrons. The molecule has 7 heteroatoms. The molecule has 45 heavy (non-hydrogen) atoms. The Hall–Kier alpha value is -5.30. The van der Waals surface area contributed by atoms with Gasteiger partial charge in [-0.2, -0.15) is 13.2 Å².